The molecule has 1 atom stereocenters. The minimum absolute atomic E-state index is 0.0837. The first-order valence-electron chi connectivity index (χ1n) is 14.3. The second-order valence-electron chi connectivity index (χ2n) is 10.8. The van der Waals surface area contributed by atoms with Gasteiger partial charge in [0.15, 0.2) is 9.84 Å². The normalized spacial score (nSPS) is 17.3. The van der Waals surface area contributed by atoms with Crippen molar-refractivity contribution < 1.29 is 17.9 Å². The fourth-order valence-electron chi connectivity index (χ4n) is 5.51. The maximum atomic E-state index is 14.0. The third kappa shape index (κ3) is 6.09. The van der Waals surface area contributed by atoms with E-state index < -0.39 is 9.84 Å². The monoisotopic (exact) mass is 602 g/mol. The highest BCUT2D eigenvalue weighted by atomic mass is 32.2. The summed E-state index contributed by atoms with van der Waals surface area (Å²) in [5, 5.41) is 7.27. The molecule has 0 amide bonds. The third-order valence-electron chi connectivity index (χ3n) is 7.84. The Morgan fingerprint density at radius 2 is 2.00 bits per heavy atom. The number of aromatic nitrogens is 4. The molecule has 5 heterocycles. The summed E-state index contributed by atoms with van der Waals surface area (Å²) in [5.41, 5.74) is 4.94. The maximum Gasteiger partial charge on any atom is 0.262 e. The van der Waals surface area contributed by atoms with Gasteiger partial charge in [-0.2, -0.15) is 4.98 Å². The number of aryl methyl sites for hydroxylation is 1. The molecule has 1 fully saturated rings. The summed E-state index contributed by atoms with van der Waals surface area (Å²) in [6.07, 6.45) is 6.87. The van der Waals surface area contributed by atoms with Gasteiger partial charge in [-0.3, -0.25) is 14.3 Å². The molecular formula is C31H34N6O5S. The number of hydrogen-bond donors (Lipinski definition) is 2. The molecule has 2 aliphatic heterocycles. The van der Waals surface area contributed by atoms with Crippen LogP contribution in [0, 0.1) is 6.92 Å². The standard InChI is InChI=1S/C31H34N6O5S/c1-20-15-26(43(39,40)14-13-41-2)18-33-28(20)27-16-23-17-34-31(36-29(23)37(30(27)38)25-9-12-42-19-25)35-24-5-3-21(4-6-24)22-7-10-32-11-8-22/h3-7,15-18,25,32H,8-14,19H2,1-2H3,(H,34,35,36). The second kappa shape index (κ2) is 12.3. The van der Waals surface area contributed by atoms with E-state index in [1.807, 2.05) is 12.1 Å². The van der Waals surface area contributed by atoms with Crippen molar-refractivity contribution in [3.8, 4) is 11.3 Å². The highest BCUT2D eigenvalue weighted by Crippen LogP contribution is 2.29. The zero-order valence-electron chi connectivity index (χ0n) is 24.2. The van der Waals surface area contributed by atoms with Crippen molar-refractivity contribution in [1.82, 2.24) is 24.8 Å². The summed E-state index contributed by atoms with van der Waals surface area (Å²) in [6, 6.07) is 11.2. The molecule has 2 N–H and O–H groups in total. The maximum absolute atomic E-state index is 14.0. The summed E-state index contributed by atoms with van der Waals surface area (Å²) >= 11 is 0. The van der Waals surface area contributed by atoms with Gasteiger partial charge < -0.3 is 20.1 Å². The van der Waals surface area contributed by atoms with Gasteiger partial charge in [-0.15, -0.1) is 0 Å². The van der Waals surface area contributed by atoms with E-state index in [1.165, 1.54) is 24.4 Å². The van der Waals surface area contributed by atoms with Gasteiger partial charge >= 0.3 is 0 Å². The Labute approximate surface area is 249 Å². The quantitative estimate of drug-likeness (QED) is 0.292. The molecule has 12 heteroatoms. The van der Waals surface area contributed by atoms with Crippen LogP contribution >= 0.6 is 0 Å². The van der Waals surface area contributed by atoms with E-state index in [1.54, 1.807) is 29.8 Å². The molecule has 0 bridgehead atoms. The van der Waals surface area contributed by atoms with E-state index in [0.29, 0.717) is 53.4 Å². The van der Waals surface area contributed by atoms with Gasteiger partial charge in [0.2, 0.25) is 5.95 Å². The van der Waals surface area contributed by atoms with Crippen LogP contribution in [0.25, 0.3) is 27.9 Å². The Morgan fingerprint density at radius 1 is 1.16 bits per heavy atom. The first-order valence-corrected chi connectivity index (χ1v) is 16.0. The number of nitrogens with one attached hydrogen (secondary N) is 2. The number of fused-ring (bicyclic) bond motifs is 1. The summed E-state index contributed by atoms with van der Waals surface area (Å²) in [6.45, 7) is 4.63. The molecule has 4 aromatic rings. The molecule has 224 valence electrons. The smallest absolute Gasteiger partial charge is 0.262 e. The summed E-state index contributed by atoms with van der Waals surface area (Å²) in [4.78, 5) is 27.9. The predicted octanol–water partition coefficient (Wildman–Crippen LogP) is 3.66. The highest BCUT2D eigenvalue weighted by Gasteiger charge is 2.25. The van der Waals surface area contributed by atoms with Crippen LogP contribution in [0.2, 0.25) is 0 Å². The Balaban J connectivity index is 1.36. The van der Waals surface area contributed by atoms with Crippen molar-refractivity contribution in [2.45, 2.75) is 30.7 Å². The molecule has 0 spiro atoms. The van der Waals surface area contributed by atoms with Crippen LogP contribution in [0.1, 0.15) is 30.0 Å². The van der Waals surface area contributed by atoms with Crippen LogP contribution in [0.3, 0.4) is 0 Å². The Hall–Kier alpha value is -3.97. The fraction of sp³-hybridized carbons (Fsp3) is 0.355. The first-order chi connectivity index (χ1) is 20.8. The second-order valence-corrected chi connectivity index (χ2v) is 12.9. The fourth-order valence-corrected chi connectivity index (χ4v) is 6.70. The molecule has 1 unspecified atom stereocenters. The van der Waals surface area contributed by atoms with Gasteiger partial charge in [0.25, 0.3) is 5.56 Å². The number of nitrogens with zero attached hydrogens (tertiary/aromatic N) is 4. The van der Waals surface area contributed by atoms with Gasteiger partial charge in [0.05, 0.1) is 41.2 Å². The molecular weight excluding hydrogens is 568 g/mol. The number of rotatable bonds is 9. The van der Waals surface area contributed by atoms with Crippen LogP contribution in [-0.4, -0.2) is 73.7 Å². The van der Waals surface area contributed by atoms with Gasteiger partial charge in [-0.25, -0.2) is 13.4 Å². The van der Waals surface area contributed by atoms with Crippen LogP contribution in [-0.2, 0) is 19.3 Å². The number of sulfone groups is 1. The predicted molar refractivity (Wildman–Crippen MR) is 165 cm³/mol. The molecule has 0 radical (unpaired) electrons. The van der Waals surface area contributed by atoms with E-state index in [-0.39, 0.29) is 28.9 Å². The zero-order valence-corrected chi connectivity index (χ0v) is 25.0. The topological polar surface area (TPSA) is 137 Å². The highest BCUT2D eigenvalue weighted by molar-refractivity contribution is 7.91. The number of methoxy groups -OCH3 is 1. The van der Waals surface area contributed by atoms with Crippen molar-refractivity contribution in [3.63, 3.8) is 0 Å². The van der Waals surface area contributed by atoms with Gasteiger partial charge in [0, 0.05) is 43.7 Å². The van der Waals surface area contributed by atoms with Gasteiger partial charge in [0.1, 0.15) is 5.65 Å². The van der Waals surface area contributed by atoms with Crippen LogP contribution in [0.4, 0.5) is 11.6 Å². The Morgan fingerprint density at radius 3 is 2.70 bits per heavy atom. The van der Waals surface area contributed by atoms with E-state index >= 15 is 0 Å². The lowest BCUT2D eigenvalue weighted by molar-refractivity contribution is 0.186. The number of ether oxygens (including phenoxy) is 2. The minimum Gasteiger partial charge on any atom is -0.384 e. The van der Waals surface area contributed by atoms with Crippen molar-refractivity contribution >= 4 is 38.1 Å². The van der Waals surface area contributed by atoms with E-state index in [4.69, 9.17) is 14.5 Å². The average Bonchev–Trinajstić information content (AvgIpc) is 3.55. The molecule has 1 aromatic carbocycles. The lowest BCUT2D eigenvalue weighted by Crippen LogP contribution is -2.28. The summed E-state index contributed by atoms with van der Waals surface area (Å²) in [7, 11) is -2.11. The molecule has 6 rings (SSSR count). The largest absolute Gasteiger partial charge is 0.384 e. The van der Waals surface area contributed by atoms with Crippen LogP contribution < -0.4 is 16.2 Å². The van der Waals surface area contributed by atoms with Crippen LogP contribution in [0.15, 0.2) is 64.6 Å². The molecule has 2 aliphatic rings. The number of hydrogen-bond acceptors (Lipinski definition) is 10. The van der Waals surface area contributed by atoms with E-state index in [0.717, 1.165) is 25.2 Å². The summed E-state index contributed by atoms with van der Waals surface area (Å²) < 4.78 is 37.6. The first kappa shape index (κ1) is 29.1. The van der Waals surface area contributed by atoms with Crippen molar-refractivity contribution in [1.29, 1.82) is 0 Å². The molecule has 0 saturated carbocycles. The lowest BCUT2D eigenvalue weighted by Gasteiger charge is -2.18. The summed E-state index contributed by atoms with van der Waals surface area (Å²) in [5.74, 6) is 0.225. The van der Waals surface area contributed by atoms with Crippen molar-refractivity contribution in [2.24, 2.45) is 0 Å². The van der Waals surface area contributed by atoms with Crippen molar-refractivity contribution in [3.05, 3.63) is 76.3 Å². The molecule has 43 heavy (non-hydrogen) atoms. The van der Waals surface area contributed by atoms with Crippen LogP contribution in [0.5, 0.6) is 0 Å². The Kier molecular flexibility index (Phi) is 8.35. The Bertz CT molecular complexity index is 1850. The lowest BCUT2D eigenvalue weighted by atomic mass is 10.0. The number of benzene rings is 1. The minimum atomic E-state index is -3.57. The number of pyridine rings is 2. The molecule has 3 aromatic heterocycles. The SMILES string of the molecule is COCCS(=O)(=O)c1cnc(-c2cc3cnc(Nc4ccc(C5=CCNCC5)cc4)nc3n(C3CCOC3)c2=O)c(C)c1. The van der Waals surface area contributed by atoms with Gasteiger partial charge in [-0.05, 0) is 67.3 Å². The molecule has 11 nitrogen and oxygen atoms in total. The molecule has 0 aliphatic carbocycles. The third-order valence-corrected chi connectivity index (χ3v) is 9.49. The molecule has 1 saturated heterocycles. The zero-order chi connectivity index (χ0) is 30.0. The number of anilines is 2. The van der Waals surface area contributed by atoms with E-state index in [9.17, 15) is 13.2 Å². The van der Waals surface area contributed by atoms with Crippen molar-refractivity contribution in [2.75, 3.05) is 51.1 Å². The average molecular weight is 603 g/mol. The van der Waals surface area contributed by atoms with E-state index in [2.05, 4.69) is 38.8 Å². The van der Waals surface area contributed by atoms with Gasteiger partial charge in [-0.1, -0.05) is 18.2 Å².